The highest BCUT2D eigenvalue weighted by Crippen LogP contribution is 2.29. The third-order valence-corrected chi connectivity index (χ3v) is 3.32. The molecule has 4 aromatic rings. The van der Waals surface area contributed by atoms with Crippen molar-refractivity contribution in [3.05, 3.63) is 55.2 Å². The highest BCUT2D eigenvalue weighted by atomic mass is 15.1. The van der Waals surface area contributed by atoms with Crippen molar-refractivity contribution >= 4 is 11.0 Å². The summed E-state index contributed by atoms with van der Waals surface area (Å²) < 4.78 is 0. The summed E-state index contributed by atoms with van der Waals surface area (Å²) in [5.41, 5.74) is 5.00. The van der Waals surface area contributed by atoms with Crippen LogP contribution in [0, 0.1) is 0 Å². The molecule has 4 rings (SSSR count). The maximum atomic E-state index is 4.47. The minimum Gasteiger partial charge on any atom is -0.345 e. The lowest BCUT2D eigenvalue weighted by molar-refractivity contribution is 1.10. The lowest BCUT2D eigenvalue weighted by Crippen LogP contribution is -1.83. The van der Waals surface area contributed by atoms with Crippen molar-refractivity contribution in [3.63, 3.8) is 0 Å². The molecule has 0 bridgehead atoms. The summed E-state index contributed by atoms with van der Waals surface area (Å²) in [5, 5.41) is 8.04. The normalized spacial score (nSPS) is 11.0. The van der Waals surface area contributed by atoms with Gasteiger partial charge in [0.05, 0.1) is 5.69 Å². The summed E-state index contributed by atoms with van der Waals surface area (Å²) in [6.07, 6.45) is 9.14. The Kier molecular flexibility index (Phi) is 2.35. The Morgan fingerprint density at radius 2 is 2.00 bits per heavy atom. The summed E-state index contributed by atoms with van der Waals surface area (Å²) in [6.45, 7) is 0. The van der Waals surface area contributed by atoms with Crippen molar-refractivity contribution < 1.29 is 0 Å². The van der Waals surface area contributed by atoms with Crippen molar-refractivity contribution in [3.8, 4) is 22.4 Å². The van der Waals surface area contributed by atoms with E-state index in [4.69, 9.17) is 0 Å². The molecule has 4 heterocycles. The highest BCUT2D eigenvalue weighted by molar-refractivity contribution is 5.94. The molecule has 4 aromatic heterocycles. The Hall–Kier alpha value is -2.95. The van der Waals surface area contributed by atoms with Crippen LogP contribution in [0.3, 0.4) is 0 Å². The van der Waals surface area contributed by atoms with Gasteiger partial charge in [-0.25, -0.2) is 4.98 Å². The third-order valence-electron chi connectivity index (χ3n) is 3.32. The zero-order valence-corrected chi connectivity index (χ0v) is 10.5. The molecule has 0 aliphatic rings. The van der Waals surface area contributed by atoms with E-state index in [1.54, 1.807) is 12.4 Å². The number of hydrogen-bond acceptors (Lipinski definition) is 3. The van der Waals surface area contributed by atoms with Gasteiger partial charge < -0.3 is 4.98 Å². The first-order valence-electron chi connectivity index (χ1n) is 6.29. The summed E-state index contributed by atoms with van der Waals surface area (Å²) in [6, 6.07) is 8.01. The van der Waals surface area contributed by atoms with Crippen molar-refractivity contribution in [2.24, 2.45) is 0 Å². The van der Waals surface area contributed by atoms with Crippen LogP contribution in [0.5, 0.6) is 0 Å². The van der Waals surface area contributed by atoms with Gasteiger partial charge in [-0.2, -0.15) is 5.10 Å². The Labute approximate surface area is 114 Å². The van der Waals surface area contributed by atoms with E-state index in [0.717, 1.165) is 33.4 Å². The minimum atomic E-state index is 0.863. The first-order valence-corrected chi connectivity index (χ1v) is 6.29. The molecule has 5 heteroatoms. The van der Waals surface area contributed by atoms with E-state index in [2.05, 4.69) is 31.2 Å². The number of aromatic amines is 2. The lowest BCUT2D eigenvalue weighted by Gasteiger charge is -2.01. The molecule has 20 heavy (non-hydrogen) atoms. The van der Waals surface area contributed by atoms with Crippen LogP contribution >= 0.6 is 0 Å². The molecule has 0 saturated heterocycles. The quantitative estimate of drug-likeness (QED) is 0.582. The molecule has 0 atom stereocenters. The molecule has 2 N–H and O–H groups in total. The minimum absolute atomic E-state index is 0.863. The van der Waals surface area contributed by atoms with E-state index in [1.807, 2.05) is 36.8 Å². The summed E-state index contributed by atoms with van der Waals surface area (Å²) >= 11 is 0. The number of rotatable bonds is 2. The molecular formula is C15H11N5. The topological polar surface area (TPSA) is 70.2 Å². The van der Waals surface area contributed by atoms with Crippen LogP contribution in [0.25, 0.3) is 33.4 Å². The first-order chi connectivity index (χ1) is 9.92. The second-order valence-electron chi connectivity index (χ2n) is 4.53. The van der Waals surface area contributed by atoms with Crippen LogP contribution in [0.4, 0.5) is 0 Å². The largest absolute Gasteiger partial charge is 0.345 e. The molecule has 0 fully saturated rings. The van der Waals surface area contributed by atoms with Gasteiger partial charge >= 0.3 is 0 Å². The van der Waals surface area contributed by atoms with Gasteiger partial charge in [0.1, 0.15) is 5.65 Å². The standard InChI is InChI=1S/C15H11N5/c1-2-10(7-16-4-1)11-6-12-13(14-3-5-19-20-14)9-18-15(12)17-8-11/h1-9H,(H,17,18)(H,19,20). The zero-order chi connectivity index (χ0) is 13.4. The van der Waals surface area contributed by atoms with Gasteiger partial charge in [0.15, 0.2) is 0 Å². The Morgan fingerprint density at radius 1 is 1.00 bits per heavy atom. The zero-order valence-electron chi connectivity index (χ0n) is 10.5. The Bertz CT molecular complexity index is 847. The van der Waals surface area contributed by atoms with Crippen LogP contribution in [0.15, 0.2) is 55.2 Å². The van der Waals surface area contributed by atoms with Gasteiger partial charge in [-0.3, -0.25) is 10.1 Å². The fourth-order valence-electron chi connectivity index (χ4n) is 2.32. The fourth-order valence-corrected chi connectivity index (χ4v) is 2.32. The molecule has 0 spiro atoms. The van der Waals surface area contributed by atoms with Gasteiger partial charge in [-0.05, 0) is 18.2 Å². The number of aromatic nitrogens is 5. The molecule has 0 unspecified atom stereocenters. The van der Waals surface area contributed by atoms with Crippen LogP contribution in [-0.2, 0) is 0 Å². The summed E-state index contributed by atoms with van der Waals surface area (Å²) in [7, 11) is 0. The second-order valence-corrected chi connectivity index (χ2v) is 4.53. The van der Waals surface area contributed by atoms with Gasteiger partial charge in [0.25, 0.3) is 0 Å². The monoisotopic (exact) mass is 261 g/mol. The summed E-state index contributed by atoms with van der Waals surface area (Å²) in [4.78, 5) is 11.8. The van der Waals surface area contributed by atoms with Crippen molar-refractivity contribution in [1.82, 2.24) is 25.1 Å². The second kappa shape index (κ2) is 4.31. The van der Waals surface area contributed by atoms with Crippen molar-refractivity contribution in [2.45, 2.75) is 0 Å². The van der Waals surface area contributed by atoms with Crippen molar-refractivity contribution in [1.29, 1.82) is 0 Å². The maximum absolute atomic E-state index is 4.47. The fraction of sp³-hybridized carbons (Fsp3) is 0. The van der Waals surface area contributed by atoms with Crippen LogP contribution in [0.2, 0.25) is 0 Å². The molecule has 0 aliphatic carbocycles. The van der Waals surface area contributed by atoms with Gasteiger partial charge in [-0.15, -0.1) is 0 Å². The molecule has 5 nitrogen and oxygen atoms in total. The molecule has 0 saturated carbocycles. The molecule has 0 radical (unpaired) electrons. The first kappa shape index (κ1) is 10.9. The van der Waals surface area contributed by atoms with E-state index in [9.17, 15) is 0 Å². The SMILES string of the molecule is c1cncc(-c2cnc3[nH]cc(-c4ccn[nH]4)c3c2)c1. The molecule has 0 aromatic carbocycles. The number of H-pyrrole nitrogens is 2. The smallest absolute Gasteiger partial charge is 0.137 e. The van der Waals surface area contributed by atoms with Gasteiger partial charge in [0.2, 0.25) is 0 Å². The van der Waals surface area contributed by atoms with E-state index in [-0.39, 0.29) is 0 Å². The van der Waals surface area contributed by atoms with Crippen molar-refractivity contribution in [2.75, 3.05) is 0 Å². The average Bonchev–Trinajstić information content (AvgIpc) is 3.16. The Balaban J connectivity index is 1.92. The third kappa shape index (κ3) is 1.68. The number of pyridine rings is 2. The average molecular weight is 261 g/mol. The highest BCUT2D eigenvalue weighted by Gasteiger charge is 2.09. The molecule has 0 amide bonds. The van der Waals surface area contributed by atoms with Gasteiger partial charge in [0, 0.05) is 53.1 Å². The summed E-state index contributed by atoms with van der Waals surface area (Å²) in [5.74, 6) is 0. The maximum Gasteiger partial charge on any atom is 0.137 e. The molecule has 0 aliphatic heterocycles. The predicted octanol–water partition coefficient (Wildman–Crippen LogP) is 3.01. The van der Waals surface area contributed by atoms with E-state index >= 15 is 0 Å². The van der Waals surface area contributed by atoms with Gasteiger partial charge in [-0.1, -0.05) is 6.07 Å². The number of nitrogens with zero attached hydrogens (tertiary/aromatic N) is 3. The number of fused-ring (bicyclic) bond motifs is 1. The molecule has 96 valence electrons. The van der Waals surface area contributed by atoms with E-state index in [1.165, 1.54) is 0 Å². The van der Waals surface area contributed by atoms with E-state index in [0.29, 0.717) is 0 Å². The van der Waals surface area contributed by atoms with E-state index < -0.39 is 0 Å². The Morgan fingerprint density at radius 3 is 2.80 bits per heavy atom. The number of nitrogens with one attached hydrogen (secondary N) is 2. The van der Waals surface area contributed by atoms with Crippen LogP contribution < -0.4 is 0 Å². The lowest BCUT2D eigenvalue weighted by atomic mass is 10.1. The predicted molar refractivity (Wildman–Crippen MR) is 76.9 cm³/mol. The van der Waals surface area contributed by atoms with Crippen LogP contribution in [0.1, 0.15) is 0 Å². The molecular weight excluding hydrogens is 250 g/mol. The number of hydrogen-bond donors (Lipinski definition) is 2. The van der Waals surface area contributed by atoms with Crippen LogP contribution in [-0.4, -0.2) is 25.1 Å².